The molecule has 0 radical (unpaired) electrons. The first-order valence-corrected chi connectivity index (χ1v) is 10.2. The van der Waals surface area contributed by atoms with Crippen molar-refractivity contribution in [3.8, 4) is 0 Å². The van der Waals surface area contributed by atoms with E-state index in [9.17, 15) is 14.4 Å². The zero-order chi connectivity index (χ0) is 19.7. The Hall–Kier alpha value is -2.48. The van der Waals surface area contributed by atoms with Crippen LogP contribution in [0.25, 0.3) is 11.0 Å². The molecule has 2 aromatic heterocycles. The van der Waals surface area contributed by atoms with Crippen molar-refractivity contribution in [2.45, 2.75) is 51.5 Å². The van der Waals surface area contributed by atoms with Gasteiger partial charge in [-0.3, -0.25) is 19.1 Å². The molecule has 1 unspecified atom stereocenters. The molecular formula is C20H27N5O3. The number of H-pyrrole nitrogens is 1. The third-order valence-electron chi connectivity index (χ3n) is 5.61. The van der Waals surface area contributed by atoms with Gasteiger partial charge in [0.2, 0.25) is 0 Å². The number of nitrogens with zero attached hydrogens (tertiary/aromatic N) is 2. The summed E-state index contributed by atoms with van der Waals surface area (Å²) in [6, 6.07) is 1.74. The van der Waals surface area contributed by atoms with E-state index in [1.165, 1.54) is 4.57 Å². The minimum absolute atomic E-state index is 0.205. The molecule has 8 nitrogen and oxygen atoms in total. The average molecular weight is 385 g/mol. The highest BCUT2D eigenvalue weighted by Crippen LogP contribution is 2.39. The number of amides is 1. The van der Waals surface area contributed by atoms with E-state index in [1.807, 2.05) is 6.92 Å². The lowest BCUT2D eigenvalue weighted by atomic mass is 9.99. The van der Waals surface area contributed by atoms with Crippen LogP contribution in [0.2, 0.25) is 0 Å². The number of hydrogen-bond acceptors (Lipinski definition) is 5. The number of hydrogen-bond donors (Lipinski definition) is 3. The molecule has 1 aliphatic heterocycles. The molecule has 3 heterocycles. The minimum Gasteiger partial charge on any atom is -0.352 e. The molecule has 1 amide bonds. The second-order valence-corrected chi connectivity index (χ2v) is 7.90. The topological polar surface area (TPSA) is 109 Å². The van der Waals surface area contributed by atoms with Crippen molar-refractivity contribution in [2.75, 3.05) is 19.6 Å². The number of carbonyl (C=O) groups excluding carboxylic acids is 1. The van der Waals surface area contributed by atoms with Crippen molar-refractivity contribution in [1.29, 1.82) is 0 Å². The highest BCUT2D eigenvalue weighted by atomic mass is 16.2. The SMILES string of the molecule is CCCn1c(=O)[nH]c(=O)c2c(C(=O)NCC3CCCNC3)cc(C3CC3)nc21. The summed E-state index contributed by atoms with van der Waals surface area (Å²) < 4.78 is 1.48. The van der Waals surface area contributed by atoms with Crippen LogP contribution in [0.1, 0.15) is 61.0 Å². The number of aromatic amines is 1. The van der Waals surface area contributed by atoms with Gasteiger partial charge in [0.25, 0.3) is 11.5 Å². The van der Waals surface area contributed by atoms with Crippen LogP contribution in [0.3, 0.4) is 0 Å². The molecule has 0 spiro atoms. The number of pyridine rings is 1. The molecule has 3 N–H and O–H groups in total. The summed E-state index contributed by atoms with van der Waals surface area (Å²) in [7, 11) is 0. The molecule has 28 heavy (non-hydrogen) atoms. The monoisotopic (exact) mass is 385 g/mol. The van der Waals surface area contributed by atoms with Crippen molar-refractivity contribution < 1.29 is 4.79 Å². The van der Waals surface area contributed by atoms with Gasteiger partial charge in [-0.2, -0.15) is 0 Å². The van der Waals surface area contributed by atoms with E-state index in [0.717, 1.165) is 50.9 Å². The Bertz CT molecular complexity index is 999. The summed E-state index contributed by atoms with van der Waals surface area (Å²) in [5, 5.41) is 6.54. The van der Waals surface area contributed by atoms with Crippen LogP contribution in [0.15, 0.2) is 15.7 Å². The number of carbonyl (C=O) groups is 1. The van der Waals surface area contributed by atoms with Gasteiger partial charge in [0.1, 0.15) is 0 Å². The Morgan fingerprint density at radius 1 is 1.32 bits per heavy atom. The Kier molecular flexibility index (Phi) is 5.30. The van der Waals surface area contributed by atoms with E-state index in [2.05, 4.69) is 20.6 Å². The molecule has 0 aromatic carbocycles. The average Bonchev–Trinajstić information content (AvgIpc) is 3.54. The molecule has 1 saturated carbocycles. The number of piperidine rings is 1. The van der Waals surface area contributed by atoms with E-state index in [1.54, 1.807) is 6.07 Å². The van der Waals surface area contributed by atoms with Crippen molar-refractivity contribution in [3.63, 3.8) is 0 Å². The third kappa shape index (κ3) is 3.73. The van der Waals surface area contributed by atoms with Crippen LogP contribution >= 0.6 is 0 Å². The van der Waals surface area contributed by atoms with Crippen molar-refractivity contribution in [1.82, 2.24) is 25.2 Å². The molecule has 1 atom stereocenters. The van der Waals surface area contributed by atoms with E-state index in [0.29, 0.717) is 36.1 Å². The molecule has 2 fully saturated rings. The summed E-state index contributed by atoms with van der Waals surface area (Å²) in [6.07, 6.45) is 4.96. The smallest absolute Gasteiger partial charge is 0.329 e. The van der Waals surface area contributed by atoms with Crippen LogP contribution in [0.4, 0.5) is 0 Å². The second-order valence-electron chi connectivity index (χ2n) is 7.90. The van der Waals surface area contributed by atoms with Gasteiger partial charge < -0.3 is 10.6 Å². The molecule has 0 bridgehead atoms. The van der Waals surface area contributed by atoms with Crippen LogP contribution in [0, 0.1) is 5.92 Å². The lowest BCUT2D eigenvalue weighted by molar-refractivity contribution is 0.0946. The number of aromatic nitrogens is 3. The van der Waals surface area contributed by atoms with Gasteiger partial charge in [-0.1, -0.05) is 6.92 Å². The Morgan fingerprint density at radius 2 is 2.14 bits per heavy atom. The molecule has 4 rings (SSSR count). The van der Waals surface area contributed by atoms with Gasteiger partial charge in [0.05, 0.1) is 10.9 Å². The van der Waals surface area contributed by atoms with Crippen LogP contribution in [-0.4, -0.2) is 40.1 Å². The van der Waals surface area contributed by atoms with Crippen molar-refractivity contribution >= 4 is 16.9 Å². The fraction of sp³-hybridized carbons (Fsp3) is 0.600. The van der Waals surface area contributed by atoms with E-state index in [4.69, 9.17) is 0 Å². The number of nitrogens with one attached hydrogen (secondary N) is 3. The van der Waals surface area contributed by atoms with Crippen molar-refractivity contribution in [3.05, 3.63) is 38.2 Å². The summed E-state index contributed by atoms with van der Waals surface area (Å²) in [6.45, 7) is 4.89. The number of fused-ring (bicyclic) bond motifs is 1. The first-order chi connectivity index (χ1) is 13.6. The molecule has 2 aliphatic rings. The third-order valence-corrected chi connectivity index (χ3v) is 5.61. The number of aryl methyl sites for hydroxylation is 1. The van der Waals surface area contributed by atoms with Crippen LogP contribution in [-0.2, 0) is 6.54 Å². The van der Waals surface area contributed by atoms with E-state index < -0.39 is 11.2 Å². The first-order valence-electron chi connectivity index (χ1n) is 10.2. The maximum absolute atomic E-state index is 13.0. The van der Waals surface area contributed by atoms with Gasteiger partial charge in [-0.15, -0.1) is 0 Å². The van der Waals surface area contributed by atoms with Gasteiger partial charge in [-0.25, -0.2) is 9.78 Å². The highest BCUT2D eigenvalue weighted by molar-refractivity contribution is 6.05. The summed E-state index contributed by atoms with van der Waals surface area (Å²) in [4.78, 5) is 44.9. The Morgan fingerprint density at radius 3 is 2.82 bits per heavy atom. The zero-order valence-electron chi connectivity index (χ0n) is 16.2. The van der Waals surface area contributed by atoms with E-state index >= 15 is 0 Å². The quantitative estimate of drug-likeness (QED) is 0.690. The Balaban J connectivity index is 1.75. The van der Waals surface area contributed by atoms with Crippen molar-refractivity contribution in [2.24, 2.45) is 5.92 Å². The maximum Gasteiger partial charge on any atom is 0.329 e. The molecule has 1 saturated heterocycles. The van der Waals surface area contributed by atoms with Gasteiger partial charge in [0.15, 0.2) is 5.65 Å². The van der Waals surface area contributed by atoms with Gasteiger partial charge >= 0.3 is 5.69 Å². The fourth-order valence-corrected chi connectivity index (χ4v) is 3.92. The second kappa shape index (κ2) is 7.87. The zero-order valence-corrected chi connectivity index (χ0v) is 16.2. The van der Waals surface area contributed by atoms with Crippen LogP contribution < -0.4 is 21.9 Å². The maximum atomic E-state index is 13.0. The normalized spacial score (nSPS) is 19.7. The summed E-state index contributed by atoms with van der Waals surface area (Å²) >= 11 is 0. The predicted molar refractivity (Wildman–Crippen MR) is 107 cm³/mol. The van der Waals surface area contributed by atoms with E-state index in [-0.39, 0.29) is 11.3 Å². The highest BCUT2D eigenvalue weighted by Gasteiger charge is 2.29. The van der Waals surface area contributed by atoms with Gasteiger partial charge in [0, 0.05) is 24.7 Å². The summed E-state index contributed by atoms with van der Waals surface area (Å²) in [5.74, 6) is 0.431. The first kappa shape index (κ1) is 18.9. The number of rotatable bonds is 6. The lowest BCUT2D eigenvalue weighted by Crippen LogP contribution is -2.39. The van der Waals surface area contributed by atoms with Gasteiger partial charge in [-0.05, 0) is 57.2 Å². The standard InChI is InChI=1S/C20H27N5O3/c1-2-8-25-17-16(19(27)24-20(25)28)14(9-15(23-17)13-5-6-13)18(26)22-11-12-4-3-7-21-10-12/h9,12-13,21H,2-8,10-11H2,1H3,(H,22,26)(H,24,27,28). The largest absolute Gasteiger partial charge is 0.352 e. The minimum atomic E-state index is -0.549. The predicted octanol–water partition coefficient (Wildman–Crippen LogP) is 1.10. The molecule has 2 aromatic rings. The summed E-state index contributed by atoms with van der Waals surface area (Å²) in [5.41, 5.74) is 0.421. The molecule has 150 valence electrons. The lowest BCUT2D eigenvalue weighted by Gasteiger charge is -2.23. The molecule has 8 heteroatoms. The Labute approximate surface area is 162 Å². The fourth-order valence-electron chi connectivity index (χ4n) is 3.92. The van der Waals surface area contributed by atoms with Crippen LogP contribution in [0.5, 0.6) is 0 Å². The molecule has 1 aliphatic carbocycles. The molecular weight excluding hydrogens is 358 g/mol.